The predicted octanol–water partition coefficient (Wildman–Crippen LogP) is 1.41. The summed E-state index contributed by atoms with van der Waals surface area (Å²) in [6.07, 6.45) is 2.07. The van der Waals surface area contributed by atoms with Gasteiger partial charge in [0.15, 0.2) is 0 Å². The average molecular weight is 172 g/mol. The minimum absolute atomic E-state index is 0.000394. The first-order valence-electron chi connectivity index (χ1n) is 4.69. The first-order valence-corrected chi connectivity index (χ1v) is 4.69. The first kappa shape index (κ1) is 10.0. The fraction of sp³-hybridized carbons (Fsp3) is 1.00. The van der Waals surface area contributed by atoms with Gasteiger partial charge < -0.3 is 10.2 Å². The zero-order valence-corrected chi connectivity index (χ0v) is 8.30. The van der Waals surface area contributed by atoms with Crippen molar-refractivity contribution >= 4 is 0 Å². The van der Waals surface area contributed by atoms with E-state index in [9.17, 15) is 5.11 Å². The van der Waals surface area contributed by atoms with Crippen molar-refractivity contribution in [1.82, 2.24) is 0 Å². The van der Waals surface area contributed by atoms with Crippen LogP contribution in [-0.2, 0) is 0 Å². The van der Waals surface area contributed by atoms with Crippen molar-refractivity contribution in [3.05, 3.63) is 0 Å². The molecule has 12 heavy (non-hydrogen) atoms. The lowest BCUT2D eigenvalue weighted by molar-refractivity contribution is 0.0103. The van der Waals surface area contributed by atoms with Gasteiger partial charge in [-0.05, 0) is 29.6 Å². The van der Waals surface area contributed by atoms with Crippen LogP contribution in [0.5, 0.6) is 0 Å². The molecule has 0 heterocycles. The number of aliphatic hydroxyl groups is 2. The number of aliphatic hydroxyl groups excluding tert-OH is 2. The van der Waals surface area contributed by atoms with Crippen LogP contribution in [0.15, 0.2) is 0 Å². The molecule has 1 saturated carbocycles. The maximum Gasteiger partial charge on any atom is 0.0490 e. The van der Waals surface area contributed by atoms with Crippen molar-refractivity contribution in [3.63, 3.8) is 0 Å². The third-order valence-corrected chi connectivity index (χ3v) is 4.19. The SMILES string of the molecule is CC1(C)[C@H](CO)CC[C@@]1(C)CO. The van der Waals surface area contributed by atoms with Gasteiger partial charge in [0.1, 0.15) is 0 Å². The molecule has 2 heteroatoms. The van der Waals surface area contributed by atoms with E-state index in [1.807, 2.05) is 0 Å². The standard InChI is InChI=1S/C10H20O2/c1-9(2)8(6-11)4-5-10(9,3)7-12/h8,11-12H,4-7H2,1-3H3/t8-,10-/m0/s1. The Morgan fingerprint density at radius 3 is 2.08 bits per heavy atom. The Morgan fingerprint density at radius 2 is 1.83 bits per heavy atom. The first-order chi connectivity index (χ1) is 5.48. The maximum absolute atomic E-state index is 9.29. The highest BCUT2D eigenvalue weighted by Gasteiger charge is 2.50. The highest BCUT2D eigenvalue weighted by atomic mass is 16.3. The quantitative estimate of drug-likeness (QED) is 0.661. The van der Waals surface area contributed by atoms with Crippen LogP contribution < -0.4 is 0 Å². The molecule has 1 aliphatic rings. The van der Waals surface area contributed by atoms with E-state index in [0.717, 1.165) is 12.8 Å². The summed E-state index contributed by atoms with van der Waals surface area (Å²) in [5.74, 6) is 0.356. The number of hydrogen-bond donors (Lipinski definition) is 2. The van der Waals surface area contributed by atoms with Crippen molar-refractivity contribution in [2.24, 2.45) is 16.7 Å². The summed E-state index contributed by atoms with van der Waals surface area (Å²) in [6, 6.07) is 0. The van der Waals surface area contributed by atoms with Gasteiger partial charge in [-0.25, -0.2) is 0 Å². The highest BCUT2D eigenvalue weighted by molar-refractivity contribution is 4.99. The molecule has 1 fully saturated rings. The lowest BCUT2D eigenvalue weighted by Crippen LogP contribution is -2.38. The summed E-state index contributed by atoms with van der Waals surface area (Å²) in [4.78, 5) is 0. The van der Waals surface area contributed by atoms with E-state index >= 15 is 0 Å². The Labute approximate surface area is 74.6 Å². The molecule has 0 radical (unpaired) electrons. The molecule has 2 atom stereocenters. The van der Waals surface area contributed by atoms with Crippen LogP contribution in [0.25, 0.3) is 0 Å². The molecule has 0 aliphatic heterocycles. The van der Waals surface area contributed by atoms with E-state index in [1.165, 1.54) is 0 Å². The maximum atomic E-state index is 9.29. The summed E-state index contributed by atoms with van der Waals surface area (Å²) in [5.41, 5.74) is 0.0664. The van der Waals surface area contributed by atoms with E-state index in [4.69, 9.17) is 5.11 Å². The Balaban J connectivity index is 2.84. The molecule has 2 N–H and O–H groups in total. The normalized spacial score (nSPS) is 40.2. The summed E-state index contributed by atoms with van der Waals surface area (Å²) in [5, 5.41) is 18.4. The van der Waals surface area contributed by atoms with Crippen LogP contribution in [0, 0.1) is 16.7 Å². The molecule has 1 rings (SSSR count). The molecule has 0 aromatic rings. The van der Waals surface area contributed by atoms with E-state index in [1.54, 1.807) is 0 Å². The third kappa shape index (κ3) is 1.17. The van der Waals surface area contributed by atoms with Crippen molar-refractivity contribution in [2.75, 3.05) is 13.2 Å². The summed E-state index contributed by atoms with van der Waals surface area (Å²) in [6.45, 7) is 6.90. The van der Waals surface area contributed by atoms with Crippen LogP contribution in [0.1, 0.15) is 33.6 Å². The molecule has 0 bridgehead atoms. The van der Waals surface area contributed by atoms with Crippen molar-refractivity contribution in [3.8, 4) is 0 Å². The van der Waals surface area contributed by atoms with E-state index < -0.39 is 0 Å². The highest BCUT2D eigenvalue weighted by Crippen LogP contribution is 2.55. The Hall–Kier alpha value is -0.0800. The molecule has 0 saturated heterocycles. The van der Waals surface area contributed by atoms with Crippen LogP contribution in [0.4, 0.5) is 0 Å². The summed E-state index contributed by atoms with van der Waals surface area (Å²) < 4.78 is 0. The zero-order valence-electron chi connectivity index (χ0n) is 8.30. The van der Waals surface area contributed by atoms with Crippen LogP contribution >= 0.6 is 0 Å². The molecule has 0 amide bonds. The lowest BCUT2D eigenvalue weighted by Gasteiger charge is -2.40. The summed E-state index contributed by atoms with van der Waals surface area (Å²) in [7, 11) is 0. The predicted molar refractivity (Wildman–Crippen MR) is 48.8 cm³/mol. The van der Waals surface area contributed by atoms with Gasteiger partial charge in [-0.15, -0.1) is 0 Å². The van der Waals surface area contributed by atoms with Gasteiger partial charge >= 0.3 is 0 Å². The molecule has 0 spiro atoms. The fourth-order valence-electron chi connectivity index (χ4n) is 2.27. The fourth-order valence-corrected chi connectivity index (χ4v) is 2.27. The minimum atomic E-state index is 0.000394. The largest absolute Gasteiger partial charge is 0.396 e. The second kappa shape index (κ2) is 3.00. The van der Waals surface area contributed by atoms with Gasteiger partial charge in [-0.3, -0.25) is 0 Å². The van der Waals surface area contributed by atoms with Crippen LogP contribution in [0.3, 0.4) is 0 Å². The number of rotatable bonds is 2. The van der Waals surface area contributed by atoms with E-state index in [2.05, 4.69) is 20.8 Å². The Morgan fingerprint density at radius 1 is 1.25 bits per heavy atom. The molecule has 2 nitrogen and oxygen atoms in total. The molecule has 0 aromatic carbocycles. The summed E-state index contributed by atoms with van der Waals surface area (Å²) >= 11 is 0. The topological polar surface area (TPSA) is 40.5 Å². The van der Waals surface area contributed by atoms with Crippen molar-refractivity contribution < 1.29 is 10.2 Å². The van der Waals surface area contributed by atoms with Gasteiger partial charge in [0.25, 0.3) is 0 Å². The van der Waals surface area contributed by atoms with Gasteiger partial charge in [0.05, 0.1) is 0 Å². The van der Waals surface area contributed by atoms with Crippen LogP contribution in [0.2, 0.25) is 0 Å². The Bertz CT molecular complexity index is 165. The molecule has 0 unspecified atom stereocenters. The molecule has 72 valence electrons. The second-order valence-corrected chi connectivity index (χ2v) is 4.86. The van der Waals surface area contributed by atoms with Gasteiger partial charge in [0, 0.05) is 13.2 Å². The third-order valence-electron chi connectivity index (χ3n) is 4.19. The molecular formula is C10H20O2. The van der Waals surface area contributed by atoms with Gasteiger partial charge in [-0.1, -0.05) is 20.8 Å². The zero-order chi connectivity index (χ0) is 9.41. The van der Waals surface area contributed by atoms with Crippen LogP contribution in [-0.4, -0.2) is 23.4 Å². The van der Waals surface area contributed by atoms with Crippen molar-refractivity contribution in [2.45, 2.75) is 33.6 Å². The smallest absolute Gasteiger partial charge is 0.0490 e. The molecular weight excluding hydrogens is 152 g/mol. The second-order valence-electron chi connectivity index (χ2n) is 4.86. The van der Waals surface area contributed by atoms with E-state index in [0.29, 0.717) is 5.92 Å². The Kier molecular flexibility index (Phi) is 2.50. The monoisotopic (exact) mass is 172 g/mol. The molecule has 0 aromatic heterocycles. The average Bonchev–Trinajstić information content (AvgIpc) is 2.25. The van der Waals surface area contributed by atoms with Gasteiger partial charge in [-0.2, -0.15) is 0 Å². The minimum Gasteiger partial charge on any atom is -0.396 e. The van der Waals surface area contributed by atoms with E-state index in [-0.39, 0.29) is 24.0 Å². The lowest BCUT2D eigenvalue weighted by atomic mass is 9.66. The molecule has 1 aliphatic carbocycles. The van der Waals surface area contributed by atoms with Gasteiger partial charge in [0.2, 0.25) is 0 Å². The van der Waals surface area contributed by atoms with Crippen molar-refractivity contribution in [1.29, 1.82) is 0 Å². The number of hydrogen-bond acceptors (Lipinski definition) is 2.